The fourth-order valence-corrected chi connectivity index (χ4v) is 1.83. The Hall–Kier alpha value is -2.89. The Labute approximate surface area is 114 Å². The van der Waals surface area contributed by atoms with E-state index in [-0.39, 0.29) is 11.3 Å². The molecule has 0 unspecified atom stereocenters. The molecule has 20 heavy (non-hydrogen) atoms. The molecule has 0 aliphatic rings. The first-order chi connectivity index (χ1) is 9.52. The quantitative estimate of drug-likeness (QED) is 0.683. The Morgan fingerprint density at radius 1 is 1.20 bits per heavy atom. The molecule has 0 fully saturated rings. The molecule has 0 amide bonds. The van der Waals surface area contributed by atoms with Crippen molar-refractivity contribution in [3.8, 4) is 16.9 Å². The van der Waals surface area contributed by atoms with Crippen molar-refractivity contribution in [3.05, 3.63) is 58.1 Å². The third-order valence-electron chi connectivity index (χ3n) is 2.84. The Balaban J connectivity index is 2.46. The molecule has 6 heteroatoms. The van der Waals surface area contributed by atoms with Gasteiger partial charge in [-0.05, 0) is 35.9 Å². The molecule has 102 valence electrons. The van der Waals surface area contributed by atoms with Crippen molar-refractivity contribution in [1.82, 2.24) is 0 Å². The second-order valence-electron chi connectivity index (χ2n) is 4.02. The number of nitrogens with zero attached hydrogens (tertiary/aromatic N) is 1. The van der Waals surface area contributed by atoms with Crippen LogP contribution in [0.2, 0.25) is 0 Å². The maximum atomic E-state index is 10.9. The van der Waals surface area contributed by atoms with Crippen LogP contribution >= 0.6 is 0 Å². The van der Waals surface area contributed by atoms with E-state index in [4.69, 9.17) is 9.84 Å². The molecule has 2 aromatic rings. The summed E-state index contributed by atoms with van der Waals surface area (Å²) >= 11 is 0. The lowest BCUT2D eigenvalue weighted by molar-refractivity contribution is -0.384. The molecule has 6 nitrogen and oxygen atoms in total. The van der Waals surface area contributed by atoms with Crippen LogP contribution < -0.4 is 4.74 Å². The molecule has 0 heterocycles. The Bertz CT molecular complexity index is 664. The smallest absolute Gasteiger partial charge is 0.335 e. The summed E-state index contributed by atoms with van der Waals surface area (Å²) in [6, 6.07) is 10.5. The van der Waals surface area contributed by atoms with Gasteiger partial charge in [0.2, 0.25) is 0 Å². The van der Waals surface area contributed by atoms with Crippen molar-refractivity contribution in [2.24, 2.45) is 0 Å². The number of benzene rings is 2. The molecule has 0 aromatic heterocycles. The summed E-state index contributed by atoms with van der Waals surface area (Å²) in [6.45, 7) is 0. The molecule has 1 N–H and O–H groups in total. The number of methoxy groups -OCH3 is 1. The van der Waals surface area contributed by atoms with Gasteiger partial charge in [-0.15, -0.1) is 0 Å². The van der Waals surface area contributed by atoms with E-state index >= 15 is 0 Å². The summed E-state index contributed by atoms with van der Waals surface area (Å²) in [7, 11) is 1.44. The number of nitro benzene ring substituents is 1. The lowest BCUT2D eigenvalue weighted by Crippen LogP contribution is -1.98. The van der Waals surface area contributed by atoms with Gasteiger partial charge in [-0.25, -0.2) is 4.79 Å². The zero-order valence-corrected chi connectivity index (χ0v) is 10.6. The number of carbonyl (C=O) groups is 1. The van der Waals surface area contributed by atoms with E-state index in [1.165, 1.54) is 31.4 Å². The van der Waals surface area contributed by atoms with E-state index < -0.39 is 10.9 Å². The van der Waals surface area contributed by atoms with E-state index in [0.717, 1.165) is 0 Å². The van der Waals surface area contributed by atoms with Crippen molar-refractivity contribution in [2.45, 2.75) is 0 Å². The average molecular weight is 273 g/mol. The fourth-order valence-electron chi connectivity index (χ4n) is 1.83. The van der Waals surface area contributed by atoms with Gasteiger partial charge in [-0.1, -0.05) is 0 Å². The van der Waals surface area contributed by atoms with Crippen molar-refractivity contribution in [3.63, 3.8) is 0 Å². The maximum absolute atomic E-state index is 10.9. The molecular weight excluding hydrogens is 262 g/mol. The highest BCUT2D eigenvalue weighted by Gasteiger charge is 2.12. The summed E-state index contributed by atoms with van der Waals surface area (Å²) in [4.78, 5) is 21.0. The Morgan fingerprint density at radius 2 is 1.85 bits per heavy atom. The first-order valence-corrected chi connectivity index (χ1v) is 5.69. The summed E-state index contributed by atoms with van der Waals surface area (Å²) in [5, 5.41) is 19.5. The van der Waals surface area contributed by atoms with Crippen LogP contribution in [0.1, 0.15) is 10.4 Å². The van der Waals surface area contributed by atoms with Crippen molar-refractivity contribution in [2.75, 3.05) is 7.11 Å². The topological polar surface area (TPSA) is 89.7 Å². The van der Waals surface area contributed by atoms with E-state index in [1.807, 2.05) is 0 Å². The van der Waals surface area contributed by atoms with E-state index in [1.54, 1.807) is 18.2 Å². The van der Waals surface area contributed by atoms with Crippen LogP contribution in [-0.4, -0.2) is 23.1 Å². The van der Waals surface area contributed by atoms with Crippen LogP contribution in [-0.2, 0) is 0 Å². The number of rotatable bonds is 4. The van der Waals surface area contributed by atoms with Crippen LogP contribution in [0.5, 0.6) is 5.75 Å². The minimum Gasteiger partial charge on any atom is -0.496 e. The van der Waals surface area contributed by atoms with Gasteiger partial charge in [-0.2, -0.15) is 0 Å². The summed E-state index contributed by atoms with van der Waals surface area (Å²) in [5.41, 5.74) is 1.50. The molecule has 0 bridgehead atoms. The van der Waals surface area contributed by atoms with E-state index in [9.17, 15) is 14.9 Å². The normalized spacial score (nSPS) is 10.1. The summed E-state index contributed by atoms with van der Waals surface area (Å²) in [6.07, 6.45) is 0. The zero-order valence-electron chi connectivity index (χ0n) is 10.6. The van der Waals surface area contributed by atoms with Gasteiger partial charge in [0.05, 0.1) is 17.6 Å². The zero-order chi connectivity index (χ0) is 14.7. The van der Waals surface area contributed by atoms with Crippen LogP contribution in [0.25, 0.3) is 11.1 Å². The SMILES string of the molecule is COc1cc(C(=O)O)ccc1-c1ccc([N+](=O)[O-])cc1. The van der Waals surface area contributed by atoms with Crippen molar-refractivity contribution >= 4 is 11.7 Å². The van der Waals surface area contributed by atoms with Gasteiger partial charge in [0.1, 0.15) is 5.75 Å². The number of carboxylic acid groups (broad SMARTS) is 1. The molecule has 0 radical (unpaired) electrons. The fraction of sp³-hybridized carbons (Fsp3) is 0.0714. The minimum atomic E-state index is -1.04. The summed E-state index contributed by atoms with van der Waals surface area (Å²) in [5.74, 6) is -0.641. The minimum absolute atomic E-state index is 0.00475. The number of aromatic carboxylic acids is 1. The van der Waals surface area contributed by atoms with Gasteiger partial charge in [0.25, 0.3) is 5.69 Å². The van der Waals surface area contributed by atoms with Crippen molar-refractivity contribution < 1.29 is 19.6 Å². The lowest BCUT2D eigenvalue weighted by Gasteiger charge is -2.09. The second kappa shape index (κ2) is 5.40. The van der Waals surface area contributed by atoms with Gasteiger partial charge in [-0.3, -0.25) is 10.1 Å². The Morgan fingerprint density at radius 3 is 2.35 bits per heavy atom. The van der Waals surface area contributed by atoms with Crippen LogP contribution in [0.3, 0.4) is 0 Å². The Kier molecular flexibility index (Phi) is 3.65. The molecule has 2 rings (SSSR count). The molecule has 0 saturated heterocycles. The van der Waals surface area contributed by atoms with E-state index in [2.05, 4.69) is 0 Å². The monoisotopic (exact) mass is 273 g/mol. The van der Waals surface area contributed by atoms with Crippen molar-refractivity contribution in [1.29, 1.82) is 0 Å². The van der Waals surface area contributed by atoms with Crippen LogP contribution in [0, 0.1) is 10.1 Å². The maximum Gasteiger partial charge on any atom is 0.335 e. The van der Waals surface area contributed by atoms with Gasteiger partial charge in [0.15, 0.2) is 0 Å². The molecule has 0 atom stereocenters. The number of hydrogen-bond acceptors (Lipinski definition) is 4. The third kappa shape index (κ3) is 2.59. The van der Waals surface area contributed by atoms with Crippen LogP contribution in [0.4, 0.5) is 5.69 Å². The first-order valence-electron chi connectivity index (χ1n) is 5.69. The molecule has 0 spiro atoms. The molecular formula is C14H11NO5. The van der Waals surface area contributed by atoms with Gasteiger partial charge < -0.3 is 9.84 Å². The number of carboxylic acids is 1. The number of nitro groups is 1. The standard InChI is InChI=1S/C14H11NO5/c1-20-13-8-10(14(16)17)4-7-12(13)9-2-5-11(6-3-9)15(18)19/h2-8H,1H3,(H,16,17). The molecule has 2 aromatic carbocycles. The predicted octanol–water partition coefficient (Wildman–Crippen LogP) is 2.97. The average Bonchev–Trinajstić information content (AvgIpc) is 2.46. The highest BCUT2D eigenvalue weighted by molar-refractivity contribution is 5.89. The first kappa shape index (κ1) is 13.5. The predicted molar refractivity (Wildman–Crippen MR) is 72.0 cm³/mol. The second-order valence-corrected chi connectivity index (χ2v) is 4.02. The van der Waals surface area contributed by atoms with Gasteiger partial charge in [0, 0.05) is 17.7 Å². The largest absolute Gasteiger partial charge is 0.496 e. The highest BCUT2D eigenvalue weighted by atomic mass is 16.6. The highest BCUT2D eigenvalue weighted by Crippen LogP contribution is 2.31. The number of ether oxygens (including phenoxy) is 1. The molecule has 0 aliphatic carbocycles. The van der Waals surface area contributed by atoms with Gasteiger partial charge >= 0.3 is 5.97 Å². The van der Waals surface area contributed by atoms with E-state index in [0.29, 0.717) is 16.9 Å². The van der Waals surface area contributed by atoms with Crippen LogP contribution in [0.15, 0.2) is 42.5 Å². The summed E-state index contributed by atoms with van der Waals surface area (Å²) < 4.78 is 5.17. The lowest BCUT2D eigenvalue weighted by atomic mass is 10.0. The third-order valence-corrected chi connectivity index (χ3v) is 2.84. The number of hydrogen-bond donors (Lipinski definition) is 1. The molecule has 0 aliphatic heterocycles. The molecule has 0 saturated carbocycles. The number of non-ortho nitro benzene ring substituents is 1.